The van der Waals surface area contributed by atoms with Gasteiger partial charge in [0.1, 0.15) is 17.4 Å². The summed E-state index contributed by atoms with van der Waals surface area (Å²) < 4.78 is 12.4. The Kier molecular flexibility index (Phi) is 9.01. The normalized spacial score (nSPS) is 29.1. The minimum atomic E-state index is -1.34. The van der Waals surface area contributed by atoms with E-state index in [1.54, 1.807) is 9.80 Å². The molecule has 0 radical (unpaired) electrons. The number of nitrogens with zero attached hydrogens (tertiary/aromatic N) is 3. The number of hydrogen-bond donors (Lipinski definition) is 1. The van der Waals surface area contributed by atoms with Crippen LogP contribution in [0.1, 0.15) is 68.2 Å². The van der Waals surface area contributed by atoms with Crippen LogP contribution in [0.2, 0.25) is 0 Å². The second-order valence-corrected chi connectivity index (χ2v) is 15.3. The van der Waals surface area contributed by atoms with E-state index in [1.807, 2.05) is 74.2 Å². The third-order valence-corrected chi connectivity index (χ3v) is 9.60. The Labute approximate surface area is 268 Å². The van der Waals surface area contributed by atoms with Gasteiger partial charge in [-0.15, -0.1) is 0 Å². The maximum absolute atomic E-state index is 14.9. The Morgan fingerprint density at radius 2 is 1.69 bits per heavy atom. The van der Waals surface area contributed by atoms with E-state index in [-0.39, 0.29) is 35.7 Å². The number of aliphatic hydroxyl groups excluding tert-OH is 1. The van der Waals surface area contributed by atoms with Crippen molar-refractivity contribution in [2.75, 3.05) is 31.2 Å². The molecule has 4 heterocycles. The maximum Gasteiger partial charge on any atom is 0.249 e. The summed E-state index contributed by atoms with van der Waals surface area (Å²) in [5.74, 6) is -1.60. The second-order valence-electron chi connectivity index (χ2n) is 15.3. The second kappa shape index (κ2) is 12.2. The highest BCUT2D eigenvalue weighted by Gasteiger charge is 2.73. The van der Waals surface area contributed by atoms with Crippen LogP contribution in [0, 0.1) is 23.2 Å². The molecule has 4 aliphatic heterocycles. The fourth-order valence-electron chi connectivity index (χ4n) is 8.35. The fraction of sp³-hybridized carbons (Fsp3) is 0.639. The van der Waals surface area contributed by atoms with Crippen LogP contribution in [0.15, 0.2) is 48.6 Å². The van der Waals surface area contributed by atoms with Gasteiger partial charge in [0.2, 0.25) is 17.7 Å². The van der Waals surface area contributed by atoms with Crippen LogP contribution in [0.25, 0.3) is 0 Å². The molecule has 3 amide bonds. The summed E-state index contributed by atoms with van der Waals surface area (Å²) in [5, 5.41) is 10.6. The molecule has 246 valence electrons. The van der Waals surface area contributed by atoms with E-state index in [1.165, 1.54) is 0 Å². The number of hydrogen-bond acceptors (Lipinski definition) is 6. The molecule has 4 aliphatic rings. The molecule has 0 bridgehead atoms. The van der Waals surface area contributed by atoms with Crippen LogP contribution < -0.4 is 9.64 Å². The molecule has 1 unspecified atom stereocenters. The van der Waals surface area contributed by atoms with Crippen molar-refractivity contribution in [2.24, 2.45) is 23.2 Å². The topological polar surface area (TPSA) is 99.6 Å². The first-order valence-electron chi connectivity index (χ1n) is 16.5. The number of carbonyl (C=O) groups is 3. The van der Waals surface area contributed by atoms with E-state index >= 15 is 0 Å². The van der Waals surface area contributed by atoms with Crippen molar-refractivity contribution in [1.82, 2.24) is 9.80 Å². The number of carbonyl (C=O) groups excluding carboxylic acids is 3. The molecule has 9 heteroatoms. The smallest absolute Gasteiger partial charge is 0.249 e. The molecule has 1 spiro atoms. The Bertz CT molecular complexity index is 1350. The molecule has 1 aromatic rings. The lowest BCUT2D eigenvalue weighted by Crippen LogP contribution is -2.61. The van der Waals surface area contributed by atoms with E-state index in [0.29, 0.717) is 37.6 Å². The number of benzene rings is 1. The largest absolute Gasteiger partial charge is 0.494 e. The van der Waals surface area contributed by atoms with Gasteiger partial charge in [0.15, 0.2) is 0 Å². The van der Waals surface area contributed by atoms with Crippen LogP contribution in [0.5, 0.6) is 5.75 Å². The Hall–Kier alpha value is -3.17. The molecule has 45 heavy (non-hydrogen) atoms. The van der Waals surface area contributed by atoms with Crippen molar-refractivity contribution in [3.8, 4) is 5.75 Å². The van der Waals surface area contributed by atoms with Gasteiger partial charge in [-0.25, -0.2) is 0 Å². The molecular weight excluding hydrogens is 570 g/mol. The van der Waals surface area contributed by atoms with Crippen LogP contribution in [0.4, 0.5) is 5.69 Å². The molecule has 1 aromatic carbocycles. The summed E-state index contributed by atoms with van der Waals surface area (Å²) >= 11 is 0. The predicted molar refractivity (Wildman–Crippen MR) is 174 cm³/mol. The summed E-state index contributed by atoms with van der Waals surface area (Å²) in [5.41, 5.74) is -1.21. The minimum absolute atomic E-state index is 0.0466. The Balaban J connectivity index is 1.59. The van der Waals surface area contributed by atoms with Crippen molar-refractivity contribution in [1.29, 1.82) is 0 Å². The molecule has 9 nitrogen and oxygen atoms in total. The molecule has 0 saturated carbocycles. The van der Waals surface area contributed by atoms with Crippen LogP contribution in [-0.4, -0.2) is 88.3 Å². The lowest BCUT2D eigenvalue weighted by Gasteiger charge is -2.45. The van der Waals surface area contributed by atoms with E-state index < -0.39 is 41.2 Å². The molecule has 5 rings (SSSR count). The quantitative estimate of drug-likeness (QED) is 0.405. The standard InChI is InChI=1S/C36H51N3O6/c1-9-44-26-15-13-24(14-16-26)37-18-10-12-27-28(31(37)41)29-32(42)39(25(21-40)20-23(2)3)30-33(43)38(19-11-17-36(29,30)45-27)35(7,8)22-34(4,5)6/h10-17,23,25,27-30,40H,9,18-22H2,1-8H3/t25-,27+,28-,29+,30?,36+/m1/s1. The zero-order chi connectivity index (χ0) is 32.9. The molecule has 2 saturated heterocycles. The lowest BCUT2D eigenvalue weighted by molar-refractivity contribution is -0.154. The zero-order valence-electron chi connectivity index (χ0n) is 28.2. The summed E-state index contributed by atoms with van der Waals surface area (Å²) in [4.78, 5) is 49.3. The van der Waals surface area contributed by atoms with Crippen LogP contribution in [-0.2, 0) is 19.1 Å². The van der Waals surface area contributed by atoms with Crippen molar-refractivity contribution < 1.29 is 29.0 Å². The first kappa shape index (κ1) is 33.2. The van der Waals surface area contributed by atoms with Gasteiger partial charge >= 0.3 is 0 Å². The third-order valence-electron chi connectivity index (χ3n) is 9.60. The monoisotopic (exact) mass is 621 g/mol. The van der Waals surface area contributed by atoms with Crippen molar-refractivity contribution in [2.45, 2.75) is 97.6 Å². The molecular formula is C36H51N3O6. The van der Waals surface area contributed by atoms with Crippen molar-refractivity contribution >= 4 is 23.4 Å². The van der Waals surface area contributed by atoms with Gasteiger partial charge in [0, 0.05) is 24.3 Å². The highest BCUT2D eigenvalue weighted by Crippen LogP contribution is 2.55. The average molecular weight is 622 g/mol. The van der Waals surface area contributed by atoms with Crippen LogP contribution >= 0.6 is 0 Å². The molecule has 2 fully saturated rings. The number of fused-ring (bicyclic) bond motifs is 2. The highest BCUT2D eigenvalue weighted by atomic mass is 16.5. The van der Waals surface area contributed by atoms with Gasteiger partial charge in [-0.05, 0) is 69.2 Å². The van der Waals surface area contributed by atoms with Crippen molar-refractivity contribution in [3.63, 3.8) is 0 Å². The van der Waals surface area contributed by atoms with Gasteiger partial charge < -0.3 is 29.3 Å². The number of aliphatic hydroxyl groups is 1. The fourth-order valence-corrected chi connectivity index (χ4v) is 8.35. The third kappa shape index (κ3) is 5.94. The highest BCUT2D eigenvalue weighted by molar-refractivity contribution is 6.04. The van der Waals surface area contributed by atoms with E-state index in [0.717, 1.165) is 6.42 Å². The maximum atomic E-state index is 14.9. The summed E-state index contributed by atoms with van der Waals surface area (Å²) in [6.07, 6.45) is 8.19. The first-order chi connectivity index (χ1) is 21.1. The Morgan fingerprint density at radius 3 is 2.29 bits per heavy atom. The molecule has 1 N–H and O–H groups in total. The average Bonchev–Trinajstić information content (AvgIpc) is 3.26. The van der Waals surface area contributed by atoms with Crippen molar-refractivity contribution in [3.05, 3.63) is 48.6 Å². The van der Waals surface area contributed by atoms with Gasteiger partial charge in [-0.1, -0.05) is 58.9 Å². The Morgan fingerprint density at radius 1 is 1.00 bits per heavy atom. The van der Waals surface area contributed by atoms with Crippen LogP contribution in [0.3, 0.4) is 0 Å². The summed E-state index contributed by atoms with van der Waals surface area (Å²) in [6.45, 7) is 17.5. The number of ether oxygens (including phenoxy) is 2. The zero-order valence-corrected chi connectivity index (χ0v) is 28.2. The summed E-state index contributed by atoms with van der Waals surface area (Å²) in [6, 6.07) is 5.78. The first-order valence-corrected chi connectivity index (χ1v) is 16.5. The number of likely N-dealkylation sites (tertiary alicyclic amines) is 1. The van der Waals surface area contributed by atoms with E-state index in [9.17, 15) is 19.5 Å². The molecule has 0 aromatic heterocycles. The van der Waals surface area contributed by atoms with E-state index in [4.69, 9.17) is 9.47 Å². The molecule has 6 atom stereocenters. The van der Waals surface area contributed by atoms with Gasteiger partial charge in [0.25, 0.3) is 0 Å². The number of rotatable bonds is 9. The van der Waals surface area contributed by atoms with Gasteiger partial charge in [-0.3, -0.25) is 14.4 Å². The SMILES string of the molecule is CCOc1ccc(N2CC=C[C@@H]3O[C@]45C=CCN(C(C)(C)CC(C)(C)C)C(=O)C4N([C@@H](CO)CC(C)C)C(=O)[C@@H]5[C@@H]3C2=O)cc1. The summed E-state index contributed by atoms with van der Waals surface area (Å²) in [7, 11) is 0. The van der Waals surface area contributed by atoms with Gasteiger partial charge in [0.05, 0.1) is 37.2 Å². The molecule has 0 aliphatic carbocycles. The minimum Gasteiger partial charge on any atom is -0.494 e. The number of amides is 3. The van der Waals surface area contributed by atoms with E-state index in [2.05, 4.69) is 34.6 Å². The predicted octanol–water partition coefficient (Wildman–Crippen LogP) is 4.59. The number of anilines is 1. The lowest BCUT2D eigenvalue weighted by atomic mass is 9.77. The van der Waals surface area contributed by atoms with Gasteiger partial charge in [-0.2, -0.15) is 0 Å².